The Bertz CT molecular complexity index is 1360. The summed E-state index contributed by atoms with van der Waals surface area (Å²) < 4.78 is 17.5. The summed E-state index contributed by atoms with van der Waals surface area (Å²) in [7, 11) is 0. The molecule has 0 aliphatic carbocycles. The van der Waals surface area contributed by atoms with Crippen LogP contribution in [0.15, 0.2) is 45.3 Å². The van der Waals surface area contributed by atoms with Crippen molar-refractivity contribution in [3.8, 4) is 0 Å². The van der Waals surface area contributed by atoms with Gasteiger partial charge in [-0.15, -0.1) is 16.4 Å². The van der Waals surface area contributed by atoms with E-state index >= 15 is 0 Å². The maximum atomic E-state index is 13.0. The summed E-state index contributed by atoms with van der Waals surface area (Å²) in [5.74, 6) is -0.160. The van der Waals surface area contributed by atoms with Crippen LogP contribution in [0.5, 0.6) is 0 Å². The Labute approximate surface area is 180 Å². The van der Waals surface area contributed by atoms with E-state index in [1.807, 2.05) is 0 Å². The average Bonchev–Trinajstić information content (AvgIpc) is 3.33. The van der Waals surface area contributed by atoms with Gasteiger partial charge in [0.15, 0.2) is 0 Å². The second kappa shape index (κ2) is 8.46. The van der Waals surface area contributed by atoms with E-state index in [1.54, 1.807) is 23.6 Å². The van der Waals surface area contributed by atoms with E-state index in [9.17, 15) is 18.8 Å². The van der Waals surface area contributed by atoms with E-state index < -0.39 is 11.6 Å². The van der Waals surface area contributed by atoms with Crippen LogP contribution in [0.1, 0.15) is 25.8 Å². The fourth-order valence-electron chi connectivity index (χ4n) is 3.32. The number of carbonyl (C=O) groups is 1. The molecule has 8 nitrogen and oxygen atoms in total. The molecule has 3 aromatic heterocycles. The second-order valence-corrected chi connectivity index (χ2v) is 8.67. The number of halogens is 1. The smallest absolute Gasteiger partial charge is 0.350 e. The zero-order valence-electron chi connectivity index (χ0n) is 17.2. The Morgan fingerprint density at radius 2 is 1.94 bits per heavy atom. The average molecular weight is 444 g/mol. The van der Waals surface area contributed by atoms with Crippen LogP contribution in [0, 0.1) is 11.7 Å². The van der Waals surface area contributed by atoms with Gasteiger partial charge in [-0.25, -0.2) is 18.3 Å². The number of amides is 1. The minimum Gasteiger partial charge on any atom is -0.350 e. The lowest BCUT2D eigenvalue weighted by molar-refractivity contribution is -0.122. The van der Waals surface area contributed by atoms with E-state index in [4.69, 9.17) is 0 Å². The number of carbonyl (C=O) groups excluding carboxylic acids is 1. The molecule has 0 unspecified atom stereocenters. The number of aryl methyl sites for hydroxylation is 1. The number of rotatable bonds is 7. The Morgan fingerprint density at radius 1 is 1.19 bits per heavy atom. The molecule has 0 aliphatic heterocycles. The molecule has 0 saturated heterocycles. The van der Waals surface area contributed by atoms with E-state index in [0.717, 1.165) is 16.7 Å². The largest absolute Gasteiger partial charge is 0.352 e. The zero-order chi connectivity index (χ0) is 22.1. The molecule has 1 N–H and O–H groups in total. The number of hydrogen-bond donors (Lipinski definition) is 1. The first-order valence-electron chi connectivity index (χ1n) is 9.96. The molecule has 0 radical (unpaired) electrons. The molecule has 4 aromatic rings. The molecule has 0 bridgehead atoms. The summed E-state index contributed by atoms with van der Waals surface area (Å²) in [6, 6.07) is 7.50. The van der Waals surface area contributed by atoms with Gasteiger partial charge in [-0.05, 0) is 41.5 Å². The molecule has 31 heavy (non-hydrogen) atoms. The maximum absolute atomic E-state index is 13.0. The van der Waals surface area contributed by atoms with Crippen LogP contribution in [0.3, 0.4) is 0 Å². The summed E-state index contributed by atoms with van der Waals surface area (Å²) in [6.07, 6.45) is 0.756. The standard InChI is InChI=1S/C21H22FN5O3S/c1-13(2)7-9-25-19(29)18-16(8-10-31-18)27-20(25)24-26(21(27)30)12-17(28)23-11-14-3-5-15(22)6-4-14/h3-6,8,10,13H,7,9,11-12H2,1-2H3,(H,23,28). The van der Waals surface area contributed by atoms with Gasteiger partial charge in [-0.3, -0.25) is 14.2 Å². The first kappa shape index (κ1) is 21.0. The molecule has 0 fully saturated rings. The molecule has 162 valence electrons. The summed E-state index contributed by atoms with van der Waals surface area (Å²) in [5.41, 5.74) is 0.568. The number of fused-ring (bicyclic) bond motifs is 3. The fourth-order valence-corrected chi connectivity index (χ4v) is 4.14. The third-order valence-electron chi connectivity index (χ3n) is 5.01. The number of benzene rings is 1. The molecule has 0 saturated carbocycles. The van der Waals surface area contributed by atoms with Crippen molar-refractivity contribution in [2.24, 2.45) is 5.92 Å². The Morgan fingerprint density at radius 3 is 2.65 bits per heavy atom. The predicted octanol–water partition coefficient (Wildman–Crippen LogP) is 2.37. The highest BCUT2D eigenvalue weighted by atomic mass is 32.1. The third-order valence-corrected chi connectivity index (χ3v) is 5.91. The number of nitrogens with zero attached hydrogens (tertiary/aromatic N) is 4. The first-order valence-corrected chi connectivity index (χ1v) is 10.8. The van der Waals surface area contributed by atoms with Gasteiger partial charge in [0.05, 0.1) is 5.52 Å². The minimum atomic E-state index is -0.478. The van der Waals surface area contributed by atoms with Crippen LogP contribution in [-0.2, 0) is 24.4 Å². The second-order valence-electron chi connectivity index (χ2n) is 7.75. The molecule has 0 atom stereocenters. The van der Waals surface area contributed by atoms with E-state index in [-0.39, 0.29) is 30.2 Å². The number of thiophene rings is 1. The van der Waals surface area contributed by atoms with E-state index in [1.165, 1.54) is 32.4 Å². The molecule has 1 aromatic carbocycles. The Hall–Kier alpha value is -3.27. The van der Waals surface area contributed by atoms with Crippen molar-refractivity contribution < 1.29 is 9.18 Å². The lowest BCUT2D eigenvalue weighted by Crippen LogP contribution is -2.32. The van der Waals surface area contributed by atoms with Gasteiger partial charge in [0.2, 0.25) is 11.7 Å². The van der Waals surface area contributed by atoms with Crippen molar-refractivity contribution in [3.63, 3.8) is 0 Å². The van der Waals surface area contributed by atoms with Crippen molar-refractivity contribution in [3.05, 3.63) is 67.9 Å². The van der Waals surface area contributed by atoms with Crippen LogP contribution >= 0.6 is 11.3 Å². The number of aromatic nitrogens is 4. The van der Waals surface area contributed by atoms with Crippen LogP contribution in [0.4, 0.5) is 4.39 Å². The topological polar surface area (TPSA) is 90.4 Å². The number of nitrogens with one attached hydrogen (secondary N) is 1. The van der Waals surface area contributed by atoms with Gasteiger partial charge in [0.1, 0.15) is 17.1 Å². The molecule has 10 heteroatoms. The first-order chi connectivity index (χ1) is 14.8. The third kappa shape index (κ3) is 4.15. The molecular formula is C21H22FN5O3S. The van der Waals surface area contributed by atoms with Crippen molar-refractivity contribution >= 4 is 33.2 Å². The molecule has 0 aliphatic rings. The van der Waals surface area contributed by atoms with Gasteiger partial charge in [0.25, 0.3) is 5.56 Å². The van der Waals surface area contributed by atoms with Crippen molar-refractivity contribution in [1.29, 1.82) is 0 Å². The van der Waals surface area contributed by atoms with Crippen LogP contribution in [-0.4, -0.2) is 24.7 Å². The summed E-state index contributed by atoms with van der Waals surface area (Å²) in [4.78, 5) is 38.4. The monoisotopic (exact) mass is 443 g/mol. The van der Waals surface area contributed by atoms with Gasteiger partial charge in [-0.1, -0.05) is 26.0 Å². The lowest BCUT2D eigenvalue weighted by atomic mass is 10.1. The summed E-state index contributed by atoms with van der Waals surface area (Å²) in [6.45, 7) is 4.46. The lowest BCUT2D eigenvalue weighted by Gasteiger charge is -2.09. The van der Waals surface area contributed by atoms with Crippen LogP contribution in [0.25, 0.3) is 16.0 Å². The maximum Gasteiger partial charge on any atom is 0.352 e. The quantitative estimate of drug-likeness (QED) is 0.475. The Balaban J connectivity index is 1.65. The fraction of sp³-hybridized carbons (Fsp3) is 0.333. The molecule has 0 spiro atoms. The Kier molecular flexibility index (Phi) is 5.73. The van der Waals surface area contributed by atoms with Crippen molar-refractivity contribution in [2.75, 3.05) is 0 Å². The SMILES string of the molecule is CC(C)CCn1c(=O)c2sccc2n2c(=O)n(CC(=O)NCc3ccc(F)cc3)nc12. The molecule has 1 amide bonds. The predicted molar refractivity (Wildman–Crippen MR) is 117 cm³/mol. The van der Waals surface area contributed by atoms with Crippen molar-refractivity contribution in [2.45, 2.75) is 39.9 Å². The highest BCUT2D eigenvalue weighted by Crippen LogP contribution is 2.17. The highest BCUT2D eigenvalue weighted by Gasteiger charge is 2.19. The van der Waals surface area contributed by atoms with Crippen LogP contribution in [0.2, 0.25) is 0 Å². The van der Waals surface area contributed by atoms with E-state index in [0.29, 0.717) is 22.7 Å². The van der Waals surface area contributed by atoms with Crippen LogP contribution < -0.4 is 16.6 Å². The zero-order valence-corrected chi connectivity index (χ0v) is 18.0. The molecule has 3 heterocycles. The van der Waals surface area contributed by atoms with Gasteiger partial charge >= 0.3 is 5.69 Å². The van der Waals surface area contributed by atoms with Gasteiger partial charge in [0, 0.05) is 13.1 Å². The molecular weight excluding hydrogens is 421 g/mol. The van der Waals surface area contributed by atoms with Crippen molar-refractivity contribution in [1.82, 2.24) is 24.1 Å². The highest BCUT2D eigenvalue weighted by molar-refractivity contribution is 7.17. The molecule has 4 rings (SSSR count). The summed E-state index contributed by atoms with van der Waals surface area (Å²) >= 11 is 1.28. The van der Waals surface area contributed by atoms with Gasteiger partial charge in [-0.2, -0.15) is 0 Å². The number of hydrogen-bond acceptors (Lipinski definition) is 5. The van der Waals surface area contributed by atoms with Gasteiger partial charge < -0.3 is 5.32 Å². The van der Waals surface area contributed by atoms with E-state index in [2.05, 4.69) is 24.3 Å². The summed E-state index contributed by atoms with van der Waals surface area (Å²) in [5, 5.41) is 8.77. The minimum absolute atomic E-state index is 0.184. The normalized spacial score (nSPS) is 11.6.